The molecule has 2 heterocycles. The van der Waals surface area contributed by atoms with Crippen molar-refractivity contribution in [1.82, 2.24) is 9.88 Å². The predicted octanol–water partition coefficient (Wildman–Crippen LogP) is 2.00. The Morgan fingerprint density at radius 1 is 1.67 bits per heavy atom. The van der Waals surface area contributed by atoms with E-state index in [1.54, 1.807) is 11.3 Å². The molecule has 0 bridgehead atoms. The third-order valence-corrected chi connectivity index (χ3v) is 3.68. The minimum atomic E-state index is 0.112. The Bertz CT molecular complexity index is 337. The van der Waals surface area contributed by atoms with Gasteiger partial charge in [0.15, 0.2) is 0 Å². The van der Waals surface area contributed by atoms with Gasteiger partial charge in [-0.1, -0.05) is 6.42 Å². The van der Waals surface area contributed by atoms with E-state index in [0.29, 0.717) is 0 Å². The third-order valence-electron chi connectivity index (χ3n) is 2.85. The molecule has 0 spiro atoms. The van der Waals surface area contributed by atoms with E-state index in [2.05, 4.69) is 15.3 Å². The number of nitrogens with zero attached hydrogens (tertiary/aromatic N) is 2. The van der Waals surface area contributed by atoms with Crippen molar-refractivity contribution in [3.8, 4) is 0 Å². The van der Waals surface area contributed by atoms with E-state index in [-0.39, 0.29) is 6.04 Å². The van der Waals surface area contributed by atoms with Gasteiger partial charge in [-0.05, 0) is 26.3 Å². The number of carbonyl (C=O) groups excluding carboxylic acids is 1. The minimum absolute atomic E-state index is 0.112. The van der Waals surface area contributed by atoms with Crippen molar-refractivity contribution in [2.45, 2.75) is 38.8 Å². The van der Waals surface area contributed by atoms with Crippen molar-refractivity contribution in [3.05, 3.63) is 16.1 Å². The van der Waals surface area contributed by atoms with Crippen LogP contribution < -0.4 is 0 Å². The topological polar surface area (TPSA) is 33.2 Å². The Hall–Kier alpha value is -0.740. The molecule has 1 aromatic heterocycles. The molecule has 1 aliphatic heterocycles. The van der Waals surface area contributed by atoms with Crippen LogP contribution in [-0.4, -0.2) is 28.8 Å². The molecule has 1 aromatic rings. The van der Waals surface area contributed by atoms with Gasteiger partial charge in [-0.2, -0.15) is 0 Å². The fourth-order valence-corrected chi connectivity index (χ4v) is 2.66. The van der Waals surface area contributed by atoms with E-state index in [0.717, 1.165) is 36.5 Å². The summed E-state index contributed by atoms with van der Waals surface area (Å²) in [7, 11) is 0. The van der Waals surface area contributed by atoms with Crippen LogP contribution in [-0.2, 0) is 11.3 Å². The van der Waals surface area contributed by atoms with Crippen molar-refractivity contribution < 1.29 is 4.79 Å². The molecule has 0 aliphatic carbocycles. The molecule has 0 N–H and O–H groups in total. The summed E-state index contributed by atoms with van der Waals surface area (Å²) in [6, 6.07) is 0.112. The molecule has 0 amide bonds. The van der Waals surface area contributed by atoms with E-state index in [9.17, 15) is 4.79 Å². The first kappa shape index (κ1) is 10.8. The quantitative estimate of drug-likeness (QED) is 0.736. The number of hydrogen-bond acceptors (Lipinski definition) is 4. The van der Waals surface area contributed by atoms with Gasteiger partial charge in [0.25, 0.3) is 0 Å². The first-order valence-corrected chi connectivity index (χ1v) is 6.28. The van der Waals surface area contributed by atoms with Gasteiger partial charge in [0.2, 0.25) is 0 Å². The summed E-state index contributed by atoms with van der Waals surface area (Å²) in [5, 5.41) is 3.19. The van der Waals surface area contributed by atoms with Crippen molar-refractivity contribution >= 4 is 17.6 Å². The molecule has 1 unspecified atom stereocenters. The van der Waals surface area contributed by atoms with Gasteiger partial charge >= 0.3 is 0 Å². The number of rotatable bonds is 3. The molecule has 2 rings (SSSR count). The standard InChI is InChI=1S/C11H16N2OS/c1-9-12-10(8-15-9)6-13-5-3-2-4-11(13)7-14/h7-8,11H,2-6H2,1H3. The average molecular weight is 224 g/mol. The van der Waals surface area contributed by atoms with E-state index < -0.39 is 0 Å². The molecule has 0 aromatic carbocycles. The summed E-state index contributed by atoms with van der Waals surface area (Å²) < 4.78 is 0. The third kappa shape index (κ3) is 2.63. The summed E-state index contributed by atoms with van der Waals surface area (Å²) >= 11 is 1.68. The summed E-state index contributed by atoms with van der Waals surface area (Å²) in [6.07, 6.45) is 4.47. The SMILES string of the molecule is Cc1nc(CN2CCCCC2C=O)cs1. The maximum atomic E-state index is 10.9. The lowest BCUT2D eigenvalue weighted by atomic mass is 10.0. The van der Waals surface area contributed by atoms with E-state index in [1.807, 2.05) is 6.92 Å². The smallest absolute Gasteiger partial charge is 0.137 e. The molecule has 82 valence electrons. The summed E-state index contributed by atoms with van der Waals surface area (Å²) in [5.74, 6) is 0. The lowest BCUT2D eigenvalue weighted by molar-refractivity contribution is -0.113. The number of aldehydes is 1. The maximum absolute atomic E-state index is 10.9. The van der Waals surface area contributed by atoms with E-state index in [1.165, 1.54) is 12.8 Å². The normalized spacial score (nSPS) is 22.9. The van der Waals surface area contributed by atoms with Gasteiger partial charge < -0.3 is 4.79 Å². The number of carbonyl (C=O) groups is 1. The van der Waals surface area contributed by atoms with Crippen molar-refractivity contribution in [2.75, 3.05) is 6.54 Å². The molecular formula is C11H16N2OS. The fraction of sp³-hybridized carbons (Fsp3) is 0.636. The number of aryl methyl sites for hydroxylation is 1. The number of likely N-dealkylation sites (tertiary alicyclic amines) is 1. The highest BCUT2D eigenvalue weighted by atomic mass is 32.1. The highest BCUT2D eigenvalue weighted by molar-refractivity contribution is 7.09. The van der Waals surface area contributed by atoms with Crippen LogP contribution in [0.3, 0.4) is 0 Å². The highest BCUT2D eigenvalue weighted by Gasteiger charge is 2.22. The Kier molecular flexibility index (Phi) is 3.49. The summed E-state index contributed by atoms with van der Waals surface area (Å²) in [4.78, 5) is 17.6. The zero-order chi connectivity index (χ0) is 10.7. The summed E-state index contributed by atoms with van der Waals surface area (Å²) in [5.41, 5.74) is 1.10. The lowest BCUT2D eigenvalue weighted by Gasteiger charge is -2.31. The van der Waals surface area contributed by atoms with Gasteiger partial charge in [0.1, 0.15) is 6.29 Å². The lowest BCUT2D eigenvalue weighted by Crippen LogP contribution is -2.39. The number of aromatic nitrogens is 1. The molecule has 1 aliphatic rings. The molecule has 1 saturated heterocycles. The second kappa shape index (κ2) is 4.86. The molecule has 3 nitrogen and oxygen atoms in total. The van der Waals surface area contributed by atoms with Crippen molar-refractivity contribution in [1.29, 1.82) is 0 Å². The molecule has 0 radical (unpaired) electrons. The second-order valence-electron chi connectivity index (χ2n) is 4.03. The van der Waals surface area contributed by atoms with Crippen LogP contribution in [0, 0.1) is 6.92 Å². The number of thiazole rings is 1. The Labute approximate surface area is 94.1 Å². The van der Waals surface area contributed by atoms with Crippen molar-refractivity contribution in [2.24, 2.45) is 0 Å². The Morgan fingerprint density at radius 3 is 3.20 bits per heavy atom. The van der Waals surface area contributed by atoms with Gasteiger partial charge in [-0.3, -0.25) is 4.90 Å². The predicted molar refractivity (Wildman–Crippen MR) is 61.0 cm³/mol. The minimum Gasteiger partial charge on any atom is -0.302 e. The summed E-state index contributed by atoms with van der Waals surface area (Å²) in [6.45, 7) is 3.87. The van der Waals surface area contributed by atoms with Crippen LogP contribution >= 0.6 is 11.3 Å². The first-order valence-electron chi connectivity index (χ1n) is 5.40. The molecule has 0 saturated carbocycles. The van der Waals surface area contributed by atoms with Gasteiger partial charge in [-0.25, -0.2) is 4.98 Å². The first-order chi connectivity index (χ1) is 7.29. The van der Waals surface area contributed by atoms with Crippen LogP contribution in [0.1, 0.15) is 30.0 Å². The monoisotopic (exact) mass is 224 g/mol. The molecular weight excluding hydrogens is 208 g/mol. The van der Waals surface area contributed by atoms with Crippen LogP contribution in [0.15, 0.2) is 5.38 Å². The van der Waals surface area contributed by atoms with Gasteiger partial charge in [0.05, 0.1) is 16.7 Å². The van der Waals surface area contributed by atoms with Crippen LogP contribution in [0.25, 0.3) is 0 Å². The Morgan fingerprint density at radius 2 is 2.53 bits per heavy atom. The van der Waals surface area contributed by atoms with E-state index in [4.69, 9.17) is 0 Å². The van der Waals surface area contributed by atoms with Crippen LogP contribution in [0.5, 0.6) is 0 Å². The molecule has 1 fully saturated rings. The molecule has 1 atom stereocenters. The molecule has 15 heavy (non-hydrogen) atoms. The van der Waals surface area contributed by atoms with Gasteiger partial charge in [-0.15, -0.1) is 11.3 Å². The second-order valence-corrected chi connectivity index (χ2v) is 5.09. The zero-order valence-electron chi connectivity index (χ0n) is 8.98. The number of piperidine rings is 1. The maximum Gasteiger partial charge on any atom is 0.137 e. The van der Waals surface area contributed by atoms with Crippen LogP contribution in [0.4, 0.5) is 0 Å². The highest BCUT2D eigenvalue weighted by Crippen LogP contribution is 2.19. The van der Waals surface area contributed by atoms with Crippen LogP contribution in [0.2, 0.25) is 0 Å². The fourth-order valence-electron chi connectivity index (χ4n) is 2.06. The Balaban J connectivity index is 2.00. The van der Waals surface area contributed by atoms with Gasteiger partial charge in [0, 0.05) is 11.9 Å². The number of hydrogen-bond donors (Lipinski definition) is 0. The van der Waals surface area contributed by atoms with E-state index >= 15 is 0 Å². The molecule has 4 heteroatoms. The average Bonchev–Trinajstić information content (AvgIpc) is 2.65. The van der Waals surface area contributed by atoms with Crippen molar-refractivity contribution in [3.63, 3.8) is 0 Å². The zero-order valence-corrected chi connectivity index (χ0v) is 9.80. The largest absolute Gasteiger partial charge is 0.302 e.